The number of alkyl halides is 3. The number of rotatable bonds is 5. The smallest absolute Gasteiger partial charge is 0.358 e. The van der Waals surface area contributed by atoms with Crippen molar-refractivity contribution in [1.29, 1.82) is 0 Å². The Hall–Kier alpha value is -1.38. The van der Waals surface area contributed by atoms with Gasteiger partial charge in [-0.3, -0.25) is 0 Å². The second kappa shape index (κ2) is 8.19. The summed E-state index contributed by atoms with van der Waals surface area (Å²) in [6.07, 6.45) is 0.232. The van der Waals surface area contributed by atoms with Crippen molar-refractivity contribution in [2.24, 2.45) is 11.8 Å². The topological polar surface area (TPSA) is 48.1 Å². The summed E-state index contributed by atoms with van der Waals surface area (Å²) in [5, 5.41) is 0.726. The summed E-state index contributed by atoms with van der Waals surface area (Å²) in [7, 11) is -1.05. The molecule has 31 heavy (non-hydrogen) atoms. The molecule has 8 heteroatoms. The van der Waals surface area contributed by atoms with Crippen molar-refractivity contribution >= 4 is 21.9 Å². The molecule has 0 spiro atoms. The van der Waals surface area contributed by atoms with Crippen LogP contribution in [0.2, 0.25) is 0 Å². The van der Waals surface area contributed by atoms with Crippen LogP contribution in [-0.2, 0) is 23.6 Å². The number of H-pyrrole nitrogens is 1. The fourth-order valence-electron chi connectivity index (χ4n) is 5.60. The number of piperidine rings is 1. The Morgan fingerprint density at radius 1 is 1.29 bits per heavy atom. The number of nitrogens with one attached hydrogen (secondary N) is 2. The van der Waals surface area contributed by atoms with Gasteiger partial charge in [-0.1, -0.05) is 6.92 Å². The molecule has 2 aliphatic rings. The Balaban J connectivity index is 1.54. The van der Waals surface area contributed by atoms with Crippen molar-refractivity contribution in [2.45, 2.75) is 57.7 Å². The summed E-state index contributed by atoms with van der Waals surface area (Å²) in [5.41, 5.74) is 2.22. The monoisotopic (exact) mass is 455 g/mol. The normalized spacial score (nSPS) is 26.0. The molecule has 0 saturated carbocycles. The Kier molecular flexibility index (Phi) is 6.03. The molecule has 0 radical (unpaired) electrons. The van der Waals surface area contributed by atoms with Gasteiger partial charge < -0.3 is 9.88 Å². The standard InChI is InChI=1S/C23H32F3N3OS/c1-14-18-13-29(10-8-22(2,3)28-31(4)30)9-7-15(18)11-20-21(14)17-12-16(23(24,25)26)5-6-19(17)27-20/h5-6,12,14-15,18,27-28H,7-11,13H2,1-4H3/t14-,15?,18?,31?/m1/s1. The van der Waals surface area contributed by atoms with Gasteiger partial charge in [0.1, 0.15) is 0 Å². The lowest BCUT2D eigenvalue weighted by Gasteiger charge is -2.45. The number of benzene rings is 1. The summed E-state index contributed by atoms with van der Waals surface area (Å²) in [4.78, 5) is 5.89. The van der Waals surface area contributed by atoms with E-state index in [1.165, 1.54) is 12.1 Å². The predicted octanol–water partition coefficient (Wildman–Crippen LogP) is 4.84. The average molecular weight is 456 g/mol. The number of fused-ring (bicyclic) bond motifs is 4. The van der Waals surface area contributed by atoms with Crippen LogP contribution < -0.4 is 4.72 Å². The lowest BCUT2D eigenvalue weighted by atomic mass is 9.68. The van der Waals surface area contributed by atoms with E-state index in [0.29, 0.717) is 11.8 Å². The number of hydrogen-bond acceptors (Lipinski definition) is 2. The predicted molar refractivity (Wildman–Crippen MR) is 119 cm³/mol. The molecule has 1 fully saturated rings. The molecule has 1 aromatic heterocycles. The summed E-state index contributed by atoms with van der Waals surface area (Å²) < 4.78 is 54.5. The zero-order valence-corrected chi connectivity index (χ0v) is 19.4. The third kappa shape index (κ3) is 4.71. The van der Waals surface area contributed by atoms with E-state index in [4.69, 9.17) is 0 Å². The summed E-state index contributed by atoms with van der Waals surface area (Å²) in [5.74, 6) is 1.21. The second-order valence-corrected chi connectivity index (χ2v) is 11.1. The van der Waals surface area contributed by atoms with E-state index >= 15 is 0 Å². The molecule has 3 unspecified atom stereocenters. The van der Waals surface area contributed by atoms with Crippen LogP contribution in [0.1, 0.15) is 56.4 Å². The van der Waals surface area contributed by atoms with Crippen molar-refractivity contribution in [3.63, 3.8) is 0 Å². The van der Waals surface area contributed by atoms with Crippen LogP contribution in [-0.4, -0.2) is 45.5 Å². The highest BCUT2D eigenvalue weighted by Crippen LogP contribution is 2.46. The molecule has 0 amide bonds. The maximum Gasteiger partial charge on any atom is 0.416 e. The molecule has 2 aromatic rings. The zero-order valence-electron chi connectivity index (χ0n) is 18.6. The largest absolute Gasteiger partial charge is 0.416 e. The Labute approximate surface area is 184 Å². The van der Waals surface area contributed by atoms with E-state index in [0.717, 1.165) is 61.1 Å². The average Bonchev–Trinajstić information content (AvgIpc) is 3.02. The number of aromatic amines is 1. The number of halogens is 3. The van der Waals surface area contributed by atoms with Crippen LogP contribution in [0.15, 0.2) is 18.2 Å². The zero-order chi connectivity index (χ0) is 22.6. The van der Waals surface area contributed by atoms with Gasteiger partial charge in [0.2, 0.25) is 0 Å². The fraction of sp³-hybridized carbons (Fsp3) is 0.652. The van der Waals surface area contributed by atoms with Gasteiger partial charge in [-0.15, -0.1) is 0 Å². The van der Waals surface area contributed by atoms with Crippen molar-refractivity contribution in [2.75, 3.05) is 25.9 Å². The first-order valence-corrected chi connectivity index (χ1v) is 12.6. The first-order valence-electron chi connectivity index (χ1n) is 11.0. The Morgan fingerprint density at radius 3 is 2.71 bits per heavy atom. The van der Waals surface area contributed by atoms with Gasteiger partial charge >= 0.3 is 6.18 Å². The van der Waals surface area contributed by atoms with E-state index in [1.54, 1.807) is 12.3 Å². The first-order chi connectivity index (χ1) is 14.4. The highest BCUT2D eigenvalue weighted by atomic mass is 32.2. The summed E-state index contributed by atoms with van der Waals surface area (Å²) >= 11 is 0. The van der Waals surface area contributed by atoms with Crippen molar-refractivity contribution in [3.05, 3.63) is 35.0 Å². The molecule has 2 N–H and O–H groups in total. The molecule has 1 saturated heterocycles. The number of hydrogen-bond donors (Lipinski definition) is 2. The Bertz CT molecular complexity index is 984. The van der Waals surface area contributed by atoms with Gasteiger partial charge in [0.05, 0.1) is 16.5 Å². The van der Waals surface area contributed by atoms with Crippen LogP contribution in [0, 0.1) is 11.8 Å². The molecule has 1 aromatic carbocycles. The molecule has 2 heterocycles. The van der Waals surface area contributed by atoms with Crippen LogP contribution in [0.3, 0.4) is 0 Å². The van der Waals surface area contributed by atoms with E-state index in [1.807, 2.05) is 0 Å². The second-order valence-electron chi connectivity index (χ2n) is 9.97. The molecule has 4 rings (SSSR count). The summed E-state index contributed by atoms with van der Waals surface area (Å²) in [6.45, 7) is 9.24. The lowest BCUT2D eigenvalue weighted by molar-refractivity contribution is -0.137. The lowest BCUT2D eigenvalue weighted by Crippen LogP contribution is -2.48. The maximum atomic E-state index is 13.3. The third-order valence-electron chi connectivity index (χ3n) is 7.18. The quantitative estimate of drug-likeness (QED) is 0.678. The maximum absolute atomic E-state index is 13.3. The van der Waals surface area contributed by atoms with E-state index < -0.39 is 22.7 Å². The number of nitrogens with zero attached hydrogens (tertiary/aromatic N) is 1. The number of aromatic nitrogens is 1. The molecule has 1 aliphatic heterocycles. The number of likely N-dealkylation sites (tertiary alicyclic amines) is 1. The van der Waals surface area contributed by atoms with Gasteiger partial charge in [-0.2, -0.15) is 13.2 Å². The Morgan fingerprint density at radius 2 is 2.03 bits per heavy atom. The SMILES string of the molecule is C[C@H]1c2c([nH]c3ccc(C(F)(F)F)cc23)CC2CCN(CCC(C)(C)NS(C)=O)CC21. The van der Waals surface area contributed by atoms with Crippen LogP contribution in [0.25, 0.3) is 10.9 Å². The minimum atomic E-state index is -4.33. The first kappa shape index (κ1) is 22.8. The highest BCUT2D eigenvalue weighted by molar-refractivity contribution is 7.82. The van der Waals surface area contributed by atoms with Gasteiger partial charge in [0.25, 0.3) is 0 Å². The van der Waals surface area contributed by atoms with Gasteiger partial charge in [0, 0.05) is 34.9 Å². The van der Waals surface area contributed by atoms with Gasteiger partial charge in [0.15, 0.2) is 0 Å². The molecule has 4 nitrogen and oxygen atoms in total. The minimum Gasteiger partial charge on any atom is -0.358 e. The highest BCUT2D eigenvalue weighted by Gasteiger charge is 2.40. The molecule has 0 bridgehead atoms. The minimum absolute atomic E-state index is 0.202. The van der Waals surface area contributed by atoms with E-state index in [-0.39, 0.29) is 11.5 Å². The van der Waals surface area contributed by atoms with Crippen molar-refractivity contribution < 1.29 is 17.4 Å². The van der Waals surface area contributed by atoms with Crippen LogP contribution in [0.5, 0.6) is 0 Å². The molecule has 172 valence electrons. The van der Waals surface area contributed by atoms with Crippen LogP contribution in [0.4, 0.5) is 13.2 Å². The van der Waals surface area contributed by atoms with Crippen LogP contribution >= 0.6 is 0 Å². The molecular weight excluding hydrogens is 423 g/mol. The third-order valence-corrected chi connectivity index (χ3v) is 8.02. The molecular formula is C23H32F3N3OS. The van der Waals surface area contributed by atoms with E-state index in [9.17, 15) is 17.4 Å². The fourth-order valence-corrected chi connectivity index (χ4v) is 6.48. The molecule has 1 aliphatic carbocycles. The van der Waals surface area contributed by atoms with E-state index in [2.05, 4.69) is 35.4 Å². The van der Waals surface area contributed by atoms with Crippen molar-refractivity contribution in [3.8, 4) is 0 Å². The molecule has 4 atom stereocenters. The van der Waals surface area contributed by atoms with Crippen molar-refractivity contribution in [1.82, 2.24) is 14.6 Å². The van der Waals surface area contributed by atoms with Gasteiger partial charge in [-0.05, 0) is 87.7 Å². The summed E-state index contributed by atoms with van der Waals surface area (Å²) in [6, 6.07) is 4.07. The van der Waals surface area contributed by atoms with Gasteiger partial charge in [-0.25, -0.2) is 8.93 Å².